The van der Waals surface area contributed by atoms with E-state index in [-0.39, 0.29) is 17.7 Å². The van der Waals surface area contributed by atoms with Gasteiger partial charge in [0.1, 0.15) is 5.75 Å². The minimum Gasteiger partial charge on any atom is -0.497 e. The number of fused-ring (bicyclic) bond motifs is 3. The highest BCUT2D eigenvalue weighted by Crippen LogP contribution is 2.46. The first-order valence-corrected chi connectivity index (χ1v) is 11.3. The maximum atomic E-state index is 13.7. The lowest BCUT2D eigenvalue weighted by Crippen LogP contribution is -2.33. The van der Waals surface area contributed by atoms with Gasteiger partial charge in [-0.25, -0.2) is 4.98 Å². The molecule has 0 spiro atoms. The number of carbonyl (C=O) groups is 1. The van der Waals surface area contributed by atoms with Gasteiger partial charge in [0, 0.05) is 17.7 Å². The zero-order valence-electron chi connectivity index (χ0n) is 18.7. The molecule has 0 saturated heterocycles. The fourth-order valence-corrected chi connectivity index (χ4v) is 5.20. The van der Waals surface area contributed by atoms with Crippen LogP contribution in [0.15, 0.2) is 84.1 Å². The summed E-state index contributed by atoms with van der Waals surface area (Å²) in [5.74, 6) is 1.94. The van der Waals surface area contributed by atoms with Crippen LogP contribution in [0.25, 0.3) is 11.0 Å². The Labute approximate surface area is 192 Å². The zero-order valence-corrected chi connectivity index (χ0v) is 18.7. The molecule has 1 aliphatic carbocycles. The van der Waals surface area contributed by atoms with Crippen molar-refractivity contribution in [2.45, 2.75) is 31.7 Å². The predicted octanol–water partition coefficient (Wildman–Crippen LogP) is 5.77. The SMILES string of the molecule is COc1ccc([C@H]2C3=C(C[C@@H](c4ccc(C)cc4)CC3=O)Nc3nc4ccccc4n32)cc1. The number of nitrogens with one attached hydrogen (secondary N) is 1. The van der Waals surface area contributed by atoms with Gasteiger partial charge in [0.25, 0.3) is 0 Å². The van der Waals surface area contributed by atoms with Gasteiger partial charge in [-0.2, -0.15) is 0 Å². The number of aromatic nitrogens is 2. The molecule has 0 amide bonds. The molecule has 2 atom stereocenters. The molecule has 6 rings (SSSR count). The number of imidazole rings is 1. The summed E-state index contributed by atoms with van der Waals surface area (Å²) in [6, 6.07) is 24.4. The molecule has 5 nitrogen and oxygen atoms in total. The van der Waals surface area contributed by atoms with Crippen LogP contribution in [0.3, 0.4) is 0 Å². The summed E-state index contributed by atoms with van der Waals surface area (Å²) in [7, 11) is 1.66. The number of methoxy groups -OCH3 is 1. The number of ketones is 1. The lowest BCUT2D eigenvalue weighted by Gasteiger charge is -2.36. The summed E-state index contributed by atoms with van der Waals surface area (Å²) in [5.41, 5.74) is 7.25. The molecular formula is C28H25N3O2. The van der Waals surface area contributed by atoms with Crippen LogP contribution in [0.5, 0.6) is 5.75 Å². The average molecular weight is 436 g/mol. The Morgan fingerprint density at radius 2 is 1.67 bits per heavy atom. The first kappa shape index (κ1) is 19.8. The summed E-state index contributed by atoms with van der Waals surface area (Å²) in [5, 5.41) is 3.54. The van der Waals surface area contributed by atoms with Crippen LogP contribution >= 0.6 is 0 Å². The largest absolute Gasteiger partial charge is 0.497 e. The Balaban J connectivity index is 1.50. The molecule has 164 valence electrons. The number of para-hydroxylation sites is 2. The van der Waals surface area contributed by atoms with E-state index in [2.05, 4.69) is 59.3 Å². The molecular weight excluding hydrogens is 410 g/mol. The van der Waals surface area contributed by atoms with Gasteiger partial charge >= 0.3 is 0 Å². The quantitative estimate of drug-likeness (QED) is 0.444. The van der Waals surface area contributed by atoms with Crippen molar-refractivity contribution in [2.75, 3.05) is 12.4 Å². The van der Waals surface area contributed by atoms with Crippen LogP contribution in [0.2, 0.25) is 0 Å². The number of Topliss-reactive ketones (excluding diaryl/α,β-unsaturated/α-hetero) is 1. The zero-order chi connectivity index (χ0) is 22.5. The minimum atomic E-state index is -0.221. The molecule has 2 heterocycles. The second-order valence-corrected chi connectivity index (χ2v) is 8.93. The Morgan fingerprint density at radius 1 is 0.939 bits per heavy atom. The van der Waals surface area contributed by atoms with Crippen LogP contribution in [0.1, 0.15) is 41.5 Å². The number of nitrogens with zero attached hydrogens (tertiary/aromatic N) is 2. The van der Waals surface area contributed by atoms with Crippen molar-refractivity contribution < 1.29 is 9.53 Å². The maximum Gasteiger partial charge on any atom is 0.209 e. The van der Waals surface area contributed by atoms with Gasteiger partial charge in [0.15, 0.2) is 5.78 Å². The van der Waals surface area contributed by atoms with E-state index >= 15 is 0 Å². The lowest BCUT2D eigenvalue weighted by molar-refractivity contribution is -0.116. The summed E-state index contributed by atoms with van der Waals surface area (Å²) in [6.45, 7) is 2.09. The smallest absolute Gasteiger partial charge is 0.209 e. The predicted molar refractivity (Wildman–Crippen MR) is 130 cm³/mol. The van der Waals surface area contributed by atoms with Crippen molar-refractivity contribution >= 4 is 22.8 Å². The van der Waals surface area contributed by atoms with Gasteiger partial charge in [0.05, 0.1) is 24.2 Å². The molecule has 0 saturated carbocycles. The molecule has 1 aromatic heterocycles. The third kappa shape index (κ3) is 3.23. The number of allylic oxidation sites excluding steroid dienone is 2. The van der Waals surface area contributed by atoms with E-state index in [1.807, 2.05) is 30.3 Å². The third-order valence-electron chi connectivity index (χ3n) is 6.88. The van der Waals surface area contributed by atoms with Crippen LogP contribution in [-0.4, -0.2) is 22.4 Å². The fourth-order valence-electron chi connectivity index (χ4n) is 5.20. The van der Waals surface area contributed by atoms with Crippen LogP contribution in [0, 0.1) is 6.92 Å². The van der Waals surface area contributed by atoms with E-state index in [4.69, 9.17) is 9.72 Å². The van der Waals surface area contributed by atoms with Crippen LogP contribution < -0.4 is 10.1 Å². The second-order valence-electron chi connectivity index (χ2n) is 8.93. The molecule has 1 aliphatic heterocycles. The van der Waals surface area contributed by atoms with Gasteiger partial charge in [-0.05, 0) is 54.7 Å². The number of ether oxygens (including phenoxy) is 1. The van der Waals surface area contributed by atoms with Gasteiger partial charge in [-0.3, -0.25) is 9.36 Å². The molecule has 0 bridgehead atoms. The molecule has 0 radical (unpaired) electrons. The highest BCUT2D eigenvalue weighted by atomic mass is 16.5. The van der Waals surface area contributed by atoms with E-state index in [9.17, 15) is 4.79 Å². The Hall–Kier alpha value is -3.86. The molecule has 0 fully saturated rings. The fraction of sp³-hybridized carbons (Fsp3) is 0.214. The Kier molecular flexibility index (Phi) is 4.57. The van der Waals surface area contributed by atoms with Crippen LogP contribution in [0.4, 0.5) is 5.95 Å². The standard InChI is InChI=1S/C28H25N3O2/c1-17-7-9-18(10-8-17)20-15-23-26(25(32)16-20)27(19-11-13-21(33-2)14-12-19)31-24-6-4-3-5-22(24)29-28(31)30-23/h3-14,20,27H,15-16H2,1-2H3,(H,29,30)/t20-,27+/m1/s1. The van der Waals surface area contributed by atoms with Crippen molar-refractivity contribution in [3.63, 3.8) is 0 Å². The normalized spacial score (nSPS) is 19.8. The first-order valence-electron chi connectivity index (χ1n) is 11.3. The van der Waals surface area contributed by atoms with Crippen molar-refractivity contribution in [3.8, 4) is 5.75 Å². The first-order chi connectivity index (χ1) is 16.1. The van der Waals surface area contributed by atoms with Gasteiger partial charge in [0.2, 0.25) is 5.95 Å². The van der Waals surface area contributed by atoms with Crippen LogP contribution in [-0.2, 0) is 4.79 Å². The van der Waals surface area contributed by atoms with Gasteiger partial charge < -0.3 is 10.1 Å². The number of benzene rings is 3. The molecule has 2 aliphatic rings. The summed E-state index contributed by atoms with van der Waals surface area (Å²) in [6.07, 6.45) is 1.30. The van der Waals surface area contributed by atoms with Crippen molar-refractivity contribution in [3.05, 3.63) is 101 Å². The molecule has 0 unspecified atom stereocenters. The Bertz CT molecular complexity index is 1400. The molecule has 4 aromatic rings. The highest BCUT2D eigenvalue weighted by Gasteiger charge is 2.39. The van der Waals surface area contributed by atoms with E-state index in [0.717, 1.165) is 46.0 Å². The van der Waals surface area contributed by atoms with Gasteiger partial charge in [-0.15, -0.1) is 0 Å². The van der Waals surface area contributed by atoms with Crippen molar-refractivity contribution in [1.29, 1.82) is 0 Å². The van der Waals surface area contributed by atoms with E-state index in [1.165, 1.54) is 11.1 Å². The van der Waals surface area contributed by atoms with Crippen molar-refractivity contribution in [2.24, 2.45) is 0 Å². The number of hydrogen-bond donors (Lipinski definition) is 1. The molecule has 5 heteroatoms. The number of carbonyl (C=O) groups excluding carboxylic acids is 1. The monoisotopic (exact) mass is 435 g/mol. The molecule has 3 aromatic carbocycles. The minimum absolute atomic E-state index is 0.164. The second kappa shape index (κ2) is 7.62. The number of rotatable bonds is 3. The van der Waals surface area contributed by atoms with Crippen molar-refractivity contribution in [1.82, 2.24) is 9.55 Å². The highest BCUT2D eigenvalue weighted by molar-refractivity contribution is 6.01. The number of anilines is 1. The number of aryl methyl sites for hydroxylation is 1. The summed E-state index contributed by atoms with van der Waals surface area (Å²) >= 11 is 0. The van der Waals surface area contributed by atoms with E-state index in [1.54, 1.807) is 7.11 Å². The lowest BCUT2D eigenvalue weighted by atomic mass is 9.77. The topological polar surface area (TPSA) is 56.1 Å². The summed E-state index contributed by atoms with van der Waals surface area (Å²) < 4.78 is 7.54. The average Bonchev–Trinajstić information content (AvgIpc) is 3.21. The summed E-state index contributed by atoms with van der Waals surface area (Å²) in [4.78, 5) is 18.6. The molecule has 33 heavy (non-hydrogen) atoms. The van der Waals surface area contributed by atoms with Gasteiger partial charge in [-0.1, -0.05) is 54.1 Å². The third-order valence-corrected chi connectivity index (χ3v) is 6.88. The van der Waals surface area contributed by atoms with E-state index in [0.29, 0.717) is 6.42 Å². The van der Waals surface area contributed by atoms with E-state index < -0.39 is 0 Å². The molecule has 1 N–H and O–H groups in total. The maximum absolute atomic E-state index is 13.7. The number of hydrogen-bond acceptors (Lipinski definition) is 4. The Morgan fingerprint density at radius 3 is 2.42 bits per heavy atom.